The van der Waals surface area contributed by atoms with Crippen molar-refractivity contribution in [1.82, 2.24) is 19.8 Å². The van der Waals surface area contributed by atoms with Crippen LogP contribution in [0.4, 0.5) is 11.4 Å². The highest BCUT2D eigenvalue weighted by molar-refractivity contribution is 7.80. The largest absolute Gasteiger partial charge is 1.00 e. The number of thiocarbonyl (C=S) groups is 2. The van der Waals surface area contributed by atoms with Crippen molar-refractivity contribution >= 4 is 45.8 Å². The van der Waals surface area contributed by atoms with E-state index in [1.165, 1.54) is 24.3 Å². The molecule has 0 aliphatic heterocycles. The van der Waals surface area contributed by atoms with E-state index in [2.05, 4.69) is 10.2 Å². The lowest BCUT2D eigenvalue weighted by Gasteiger charge is -2.08. The molecule has 322 valence electrons. The zero-order valence-corrected chi connectivity index (χ0v) is 36.6. The fraction of sp³-hybridized carbons (Fsp3) is 0.0476. The van der Waals surface area contributed by atoms with Crippen molar-refractivity contribution in [2.45, 2.75) is 0 Å². The molecular formula is C42H34Cl2N12O6S2+2. The van der Waals surface area contributed by atoms with Gasteiger partial charge in [0.25, 0.3) is 11.4 Å². The number of non-ortho nitro benzene ring substituents is 2. The van der Waals surface area contributed by atoms with E-state index in [-0.39, 0.29) is 46.2 Å². The Bertz CT molecular complexity index is 2850. The van der Waals surface area contributed by atoms with E-state index in [9.17, 15) is 20.2 Å². The molecule has 22 heteroatoms. The minimum absolute atomic E-state index is 0. The quantitative estimate of drug-likeness (QED) is 0.0574. The number of H-pyrrole nitrogens is 2. The maximum absolute atomic E-state index is 11.4. The molecule has 0 aliphatic rings. The Kier molecular flexibility index (Phi) is 13.6. The van der Waals surface area contributed by atoms with Crippen LogP contribution in [-0.4, -0.2) is 53.8 Å². The van der Waals surface area contributed by atoms with E-state index in [4.69, 9.17) is 55.6 Å². The van der Waals surface area contributed by atoms with Gasteiger partial charge in [-0.05, 0) is 94.1 Å². The van der Waals surface area contributed by atoms with Crippen molar-refractivity contribution in [1.29, 1.82) is 0 Å². The standard InChI is InChI=1S/C42H30N12O6S2.2ClH/c1-59-37-23-29(11-21-35(37)51-47-41(27-7-3-25(4-8-27)39(43)61)45-49(51)31-13-17-33(18-14-31)53(55)56)30-12-22-36(38(24-30)60-2)52-48-42(28-9-5-26(6-10-28)40(44)62)46-50(52)32-15-19-34(20-16-32)54(57)58;;/h3-24H,1-2H3,(H2-2,43,44,61,62);2*1H/p+2. The average molecular weight is 938 g/mol. The number of hydrogen-bond donors (Lipinski definition) is 2. The van der Waals surface area contributed by atoms with Gasteiger partial charge in [-0.25, -0.2) is 0 Å². The monoisotopic (exact) mass is 936 g/mol. The van der Waals surface area contributed by atoms with Crippen molar-refractivity contribution in [3.8, 4) is 68.2 Å². The normalized spacial score (nSPS) is 10.6. The predicted octanol–water partition coefficient (Wildman–Crippen LogP) is -1.65. The van der Waals surface area contributed by atoms with Crippen LogP contribution in [-0.2, 0) is 0 Å². The van der Waals surface area contributed by atoms with E-state index < -0.39 is 9.85 Å². The van der Waals surface area contributed by atoms with Gasteiger partial charge in [-0.1, -0.05) is 48.7 Å². The molecule has 18 nitrogen and oxygen atoms in total. The highest BCUT2D eigenvalue weighted by Gasteiger charge is 2.34. The zero-order valence-electron chi connectivity index (χ0n) is 33.5. The minimum atomic E-state index is -0.464. The molecule has 0 unspecified atom stereocenters. The first-order valence-electron chi connectivity index (χ1n) is 18.5. The molecule has 8 rings (SSSR count). The molecule has 2 aromatic heterocycles. The van der Waals surface area contributed by atoms with E-state index >= 15 is 0 Å². The molecule has 8 aromatic rings. The Morgan fingerprint density at radius 2 is 0.891 bits per heavy atom. The highest BCUT2D eigenvalue weighted by Crippen LogP contribution is 2.32. The maximum Gasteiger partial charge on any atom is 0.397 e. The van der Waals surface area contributed by atoms with Gasteiger partial charge in [0.1, 0.15) is 39.4 Å². The number of aromatic nitrogens is 8. The number of nitrogens with zero attached hydrogens (tertiary/aromatic N) is 8. The molecule has 0 aliphatic carbocycles. The summed E-state index contributed by atoms with van der Waals surface area (Å²) in [5.41, 5.74) is 18.1. The molecule has 0 spiro atoms. The maximum atomic E-state index is 11.4. The minimum Gasteiger partial charge on any atom is -1.00 e. The number of aromatic amines is 2. The van der Waals surface area contributed by atoms with Gasteiger partial charge in [-0.2, -0.15) is 0 Å². The molecule has 6 N–H and O–H groups in total. The first kappa shape index (κ1) is 45.7. The Balaban J connectivity index is 0.00000340. The fourth-order valence-corrected chi connectivity index (χ4v) is 6.87. The van der Waals surface area contributed by atoms with Crippen LogP contribution in [0.1, 0.15) is 11.1 Å². The first-order valence-corrected chi connectivity index (χ1v) is 19.3. The zero-order chi connectivity index (χ0) is 43.7. The van der Waals surface area contributed by atoms with Gasteiger partial charge in [0.2, 0.25) is 0 Å². The lowest BCUT2D eigenvalue weighted by molar-refractivity contribution is -0.800. The summed E-state index contributed by atoms with van der Waals surface area (Å²) in [5, 5.41) is 39.3. The van der Waals surface area contributed by atoms with Crippen LogP contribution in [0.5, 0.6) is 11.5 Å². The molecule has 2 heterocycles. The number of halogens is 2. The summed E-state index contributed by atoms with van der Waals surface area (Å²) in [4.78, 5) is 29.0. The van der Waals surface area contributed by atoms with Gasteiger partial charge in [0, 0.05) is 47.5 Å². The molecule has 0 bridgehead atoms. The van der Waals surface area contributed by atoms with Crippen LogP contribution in [0, 0.1) is 20.2 Å². The molecular weight excluding hydrogens is 904 g/mol. The molecule has 0 saturated carbocycles. The molecule has 6 aromatic carbocycles. The Hall–Kier alpha value is -7.78. The summed E-state index contributed by atoms with van der Waals surface area (Å²) >= 11 is 10.3. The van der Waals surface area contributed by atoms with Gasteiger partial charge in [-0.3, -0.25) is 20.2 Å². The molecule has 0 saturated heterocycles. The third-order valence-electron chi connectivity index (χ3n) is 9.81. The topological polar surface area (TPSA) is 228 Å². The second-order valence-electron chi connectivity index (χ2n) is 13.5. The summed E-state index contributed by atoms with van der Waals surface area (Å²) in [6, 6.07) is 37.8. The average Bonchev–Trinajstić information content (AvgIpc) is 3.95. The number of tetrazole rings is 2. The van der Waals surface area contributed by atoms with Gasteiger partial charge in [0.05, 0.1) is 35.2 Å². The third-order valence-corrected chi connectivity index (χ3v) is 10.3. The van der Waals surface area contributed by atoms with Gasteiger partial charge >= 0.3 is 23.0 Å². The smallest absolute Gasteiger partial charge is 0.397 e. The summed E-state index contributed by atoms with van der Waals surface area (Å²) in [6.45, 7) is 0. The number of nitro benzene ring substituents is 2. The molecule has 0 radical (unpaired) electrons. The number of nitrogens with one attached hydrogen (secondary N) is 2. The molecule has 0 fully saturated rings. The number of methoxy groups -OCH3 is 2. The second-order valence-corrected chi connectivity index (χ2v) is 14.4. The SMILES string of the molecule is COc1cc(-c2ccc(-[n+]3nc(-c4ccc(C(N)=S)cc4)[nH+]n3-c3ccc([N+](=O)[O-])cc3)c(OC)c2)ccc1-[n+]1nc(-c2ccc(C(N)=S)cc2)[nH+]n1-c1ccc([N+](=O)[O-])cc1.[Cl-].[Cl-]. The number of ether oxygens (including phenoxy) is 2. The summed E-state index contributed by atoms with van der Waals surface area (Å²) < 4.78 is 11.9. The Labute approximate surface area is 386 Å². The number of hydrogen-bond acceptors (Lipinski definition) is 10. The van der Waals surface area contributed by atoms with Crippen LogP contribution in [0.2, 0.25) is 0 Å². The van der Waals surface area contributed by atoms with E-state index in [0.29, 0.717) is 57.0 Å². The van der Waals surface area contributed by atoms with Crippen molar-refractivity contribution < 1.29 is 63.9 Å². The number of nitrogens with two attached hydrogens (primary N) is 2. The van der Waals surface area contributed by atoms with Crippen molar-refractivity contribution in [3.05, 3.63) is 165 Å². The Morgan fingerprint density at radius 1 is 0.562 bits per heavy atom. The van der Waals surface area contributed by atoms with Crippen LogP contribution >= 0.6 is 24.4 Å². The van der Waals surface area contributed by atoms with Crippen LogP contribution < -0.4 is 65.5 Å². The fourth-order valence-electron chi connectivity index (χ4n) is 6.60. The van der Waals surface area contributed by atoms with Crippen molar-refractivity contribution in [2.75, 3.05) is 14.2 Å². The highest BCUT2D eigenvalue weighted by atomic mass is 35.5. The van der Waals surface area contributed by atoms with Crippen LogP contribution in [0.3, 0.4) is 0 Å². The molecule has 0 amide bonds. The number of nitro groups is 2. The summed E-state index contributed by atoms with van der Waals surface area (Å²) in [7, 11) is 3.09. The molecule has 0 atom stereocenters. The van der Waals surface area contributed by atoms with Gasteiger partial charge < -0.3 is 45.8 Å². The van der Waals surface area contributed by atoms with Gasteiger partial charge in [-0.15, -0.1) is 0 Å². The second kappa shape index (κ2) is 19.1. The third kappa shape index (κ3) is 9.06. The summed E-state index contributed by atoms with van der Waals surface area (Å²) in [6.07, 6.45) is 0. The lowest BCUT2D eigenvalue weighted by Crippen LogP contribution is -3.00. The number of benzene rings is 6. The van der Waals surface area contributed by atoms with Crippen molar-refractivity contribution in [3.63, 3.8) is 0 Å². The van der Waals surface area contributed by atoms with Gasteiger partial charge in [0.15, 0.2) is 22.9 Å². The Morgan fingerprint density at radius 3 is 1.19 bits per heavy atom. The summed E-state index contributed by atoms with van der Waals surface area (Å²) in [5.74, 6) is 1.87. The van der Waals surface area contributed by atoms with E-state index in [1.54, 1.807) is 81.9 Å². The van der Waals surface area contributed by atoms with Crippen LogP contribution in [0.15, 0.2) is 133 Å². The van der Waals surface area contributed by atoms with Crippen LogP contribution in [0.25, 0.3) is 56.7 Å². The lowest BCUT2D eigenvalue weighted by atomic mass is 10.0. The molecule has 64 heavy (non-hydrogen) atoms. The van der Waals surface area contributed by atoms with Crippen molar-refractivity contribution in [2.24, 2.45) is 11.5 Å². The first-order chi connectivity index (χ1) is 29.9. The van der Waals surface area contributed by atoms with E-state index in [1.807, 2.05) is 60.7 Å². The van der Waals surface area contributed by atoms with E-state index in [0.717, 1.165) is 22.3 Å². The number of rotatable bonds is 13. The predicted molar refractivity (Wildman–Crippen MR) is 231 cm³/mol.